The number of aromatic nitrogens is 2. The van der Waals surface area contributed by atoms with Crippen molar-refractivity contribution in [1.82, 2.24) is 9.97 Å². The molecule has 0 radical (unpaired) electrons. The van der Waals surface area contributed by atoms with Gasteiger partial charge >= 0.3 is 0 Å². The third kappa shape index (κ3) is 6.43. The van der Waals surface area contributed by atoms with Crippen LogP contribution in [0.5, 0.6) is 0 Å². The van der Waals surface area contributed by atoms with Crippen LogP contribution < -0.4 is 16.6 Å². The molecule has 0 fully saturated rings. The van der Waals surface area contributed by atoms with E-state index in [2.05, 4.69) is 40.8 Å². The lowest BCUT2D eigenvalue weighted by molar-refractivity contribution is 0.687. The quantitative estimate of drug-likeness (QED) is 0.350. The molecule has 0 aliphatic rings. The highest BCUT2D eigenvalue weighted by Gasteiger charge is 2.07. The van der Waals surface area contributed by atoms with Crippen molar-refractivity contribution < 1.29 is 0 Å². The first-order valence-electron chi connectivity index (χ1n) is 7.25. The van der Waals surface area contributed by atoms with Crippen LogP contribution in [0.2, 0.25) is 0 Å². The van der Waals surface area contributed by atoms with Crippen molar-refractivity contribution in [3.63, 3.8) is 0 Å². The molecule has 1 heterocycles. The Balaban J connectivity index is 2.37. The first-order valence-corrected chi connectivity index (χ1v) is 8.65. The summed E-state index contributed by atoms with van der Waals surface area (Å²) in [6.07, 6.45) is 7.21. The molecule has 114 valence electrons. The molecule has 0 saturated carbocycles. The van der Waals surface area contributed by atoms with Gasteiger partial charge in [-0.2, -0.15) is 11.8 Å². The third-order valence-corrected chi connectivity index (χ3v) is 3.69. The van der Waals surface area contributed by atoms with Crippen molar-refractivity contribution in [2.75, 3.05) is 29.3 Å². The summed E-state index contributed by atoms with van der Waals surface area (Å²) >= 11 is 1.92. The van der Waals surface area contributed by atoms with Gasteiger partial charge in [0, 0.05) is 18.5 Å². The van der Waals surface area contributed by atoms with Gasteiger partial charge < -0.3 is 10.7 Å². The predicted octanol–water partition coefficient (Wildman–Crippen LogP) is 3.22. The Morgan fingerprint density at radius 2 is 1.85 bits per heavy atom. The van der Waals surface area contributed by atoms with Crippen LogP contribution in [0.3, 0.4) is 0 Å². The fourth-order valence-electron chi connectivity index (χ4n) is 1.83. The van der Waals surface area contributed by atoms with Gasteiger partial charge in [-0.3, -0.25) is 0 Å². The fraction of sp³-hybridized carbons (Fsp3) is 0.714. The molecule has 0 unspecified atom stereocenters. The number of hydrogen-bond donors (Lipinski definition) is 3. The number of anilines is 2. The normalized spacial score (nSPS) is 10.8. The minimum atomic E-state index is 0.287. The van der Waals surface area contributed by atoms with Gasteiger partial charge in [-0.05, 0) is 24.9 Å². The van der Waals surface area contributed by atoms with Crippen LogP contribution in [0, 0.1) is 0 Å². The van der Waals surface area contributed by atoms with E-state index < -0.39 is 0 Å². The summed E-state index contributed by atoms with van der Waals surface area (Å²) in [6, 6.07) is 1.85. The molecule has 5 nitrogen and oxygen atoms in total. The Hall–Kier alpha value is -1.01. The summed E-state index contributed by atoms with van der Waals surface area (Å²) in [5.41, 5.74) is 2.59. The van der Waals surface area contributed by atoms with E-state index in [1.165, 1.54) is 31.4 Å². The van der Waals surface area contributed by atoms with Crippen molar-refractivity contribution in [2.24, 2.45) is 5.84 Å². The molecular weight excluding hydrogens is 270 g/mol. The van der Waals surface area contributed by atoms with Gasteiger partial charge in [0.25, 0.3) is 0 Å². The number of nitrogen functional groups attached to an aromatic ring is 1. The number of rotatable bonds is 10. The lowest BCUT2D eigenvalue weighted by atomic mass is 10.2. The van der Waals surface area contributed by atoms with E-state index in [4.69, 9.17) is 5.84 Å². The average molecular weight is 297 g/mol. The number of nitrogens with zero attached hydrogens (tertiary/aromatic N) is 2. The van der Waals surface area contributed by atoms with Crippen molar-refractivity contribution in [3.05, 3.63) is 11.9 Å². The zero-order chi connectivity index (χ0) is 14.8. The summed E-state index contributed by atoms with van der Waals surface area (Å²) in [7, 11) is 0. The molecule has 6 heteroatoms. The van der Waals surface area contributed by atoms with E-state index in [0.717, 1.165) is 18.2 Å². The minimum absolute atomic E-state index is 0.287. The third-order valence-electron chi connectivity index (χ3n) is 2.99. The molecule has 0 spiro atoms. The Morgan fingerprint density at radius 1 is 1.15 bits per heavy atom. The first-order chi connectivity index (χ1) is 9.67. The molecule has 1 aromatic heterocycles. The topological polar surface area (TPSA) is 75.9 Å². The van der Waals surface area contributed by atoms with Crippen LogP contribution in [0.4, 0.5) is 11.6 Å². The summed E-state index contributed by atoms with van der Waals surface area (Å²) < 4.78 is 0. The average Bonchev–Trinajstić information content (AvgIpc) is 2.46. The summed E-state index contributed by atoms with van der Waals surface area (Å²) in [4.78, 5) is 8.85. The maximum absolute atomic E-state index is 5.44. The van der Waals surface area contributed by atoms with Crippen LogP contribution in [-0.4, -0.2) is 28.5 Å². The van der Waals surface area contributed by atoms with E-state index in [9.17, 15) is 0 Å². The van der Waals surface area contributed by atoms with Crippen LogP contribution in [-0.2, 0) is 0 Å². The lowest BCUT2D eigenvalue weighted by Crippen LogP contribution is -2.13. The Bertz CT molecular complexity index is 384. The maximum Gasteiger partial charge on any atom is 0.145 e. The van der Waals surface area contributed by atoms with Crippen LogP contribution in [0.25, 0.3) is 0 Å². The zero-order valence-electron chi connectivity index (χ0n) is 12.8. The molecule has 20 heavy (non-hydrogen) atoms. The maximum atomic E-state index is 5.44. The van der Waals surface area contributed by atoms with E-state index in [0.29, 0.717) is 5.82 Å². The van der Waals surface area contributed by atoms with E-state index in [1.54, 1.807) is 0 Å². The molecule has 0 aromatic carbocycles. The number of thioether (sulfide) groups is 1. The molecule has 0 aliphatic heterocycles. The number of hydrogen-bond acceptors (Lipinski definition) is 6. The zero-order valence-corrected chi connectivity index (χ0v) is 13.6. The van der Waals surface area contributed by atoms with Gasteiger partial charge in [0.05, 0.1) is 0 Å². The van der Waals surface area contributed by atoms with E-state index >= 15 is 0 Å². The van der Waals surface area contributed by atoms with Crippen LogP contribution in [0.15, 0.2) is 6.07 Å². The summed E-state index contributed by atoms with van der Waals surface area (Å²) in [6.45, 7) is 5.09. The smallest absolute Gasteiger partial charge is 0.145 e. The highest BCUT2D eigenvalue weighted by Crippen LogP contribution is 2.16. The molecule has 0 aliphatic carbocycles. The second-order valence-electron chi connectivity index (χ2n) is 5.13. The highest BCUT2D eigenvalue weighted by molar-refractivity contribution is 7.98. The molecule has 4 N–H and O–H groups in total. The summed E-state index contributed by atoms with van der Waals surface area (Å²) in [5.74, 6) is 9.31. The fourth-order valence-corrected chi connectivity index (χ4v) is 2.32. The van der Waals surface area contributed by atoms with Crippen molar-refractivity contribution in [1.29, 1.82) is 0 Å². The standard InChI is InChI=1S/C14H27N5S/c1-11(2)14-17-12(10-13(18-14)19-15)16-8-6-4-5-7-9-20-3/h10-11H,4-9,15H2,1-3H3,(H2,16,17,18,19). The van der Waals surface area contributed by atoms with Crippen LogP contribution in [0.1, 0.15) is 51.3 Å². The van der Waals surface area contributed by atoms with Gasteiger partial charge in [0.2, 0.25) is 0 Å². The second kappa shape index (κ2) is 9.83. The molecule has 1 rings (SSSR count). The molecular formula is C14H27N5S. The largest absolute Gasteiger partial charge is 0.370 e. The number of nitrogens with two attached hydrogens (primary N) is 1. The lowest BCUT2D eigenvalue weighted by Gasteiger charge is -2.11. The molecule has 1 aromatic rings. The second-order valence-corrected chi connectivity index (χ2v) is 6.12. The van der Waals surface area contributed by atoms with Gasteiger partial charge in [0.15, 0.2) is 0 Å². The Morgan fingerprint density at radius 3 is 2.50 bits per heavy atom. The number of hydrazine groups is 1. The SMILES string of the molecule is CSCCCCCCNc1cc(NN)nc(C(C)C)n1. The first kappa shape index (κ1) is 17.0. The van der Waals surface area contributed by atoms with Gasteiger partial charge in [-0.15, -0.1) is 0 Å². The molecule has 0 atom stereocenters. The van der Waals surface area contributed by atoms with Crippen molar-refractivity contribution in [2.45, 2.75) is 45.4 Å². The predicted molar refractivity (Wildman–Crippen MR) is 89.3 cm³/mol. The monoisotopic (exact) mass is 297 g/mol. The summed E-state index contributed by atoms with van der Waals surface area (Å²) in [5, 5.41) is 3.35. The molecule has 0 amide bonds. The van der Waals surface area contributed by atoms with Crippen LogP contribution >= 0.6 is 11.8 Å². The molecule has 0 bridgehead atoms. The van der Waals surface area contributed by atoms with E-state index in [1.807, 2.05) is 17.8 Å². The van der Waals surface area contributed by atoms with Gasteiger partial charge in [0.1, 0.15) is 17.5 Å². The Kier molecular flexibility index (Phi) is 8.37. The Labute approximate surface area is 126 Å². The minimum Gasteiger partial charge on any atom is -0.370 e. The van der Waals surface area contributed by atoms with Gasteiger partial charge in [-0.1, -0.05) is 26.7 Å². The van der Waals surface area contributed by atoms with Crippen molar-refractivity contribution in [3.8, 4) is 0 Å². The van der Waals surface area contributed by atoms with Crippen molar-refractivity contribution >= 4 is 23.4 Å². The highest BCUT2D eigenvalue weighted by atomic mass is 32.2. The van der Waals surface area contributed by atoms with Gasteiger partial charge in [-0.25, -0.2) is 15.8 Å². The molecule has 0 saturated heterocycles. The van der Waals surface area contributed by atoms with E-state index in [-0.39, 0.29) is 5.92 Å². The number of nitrogens with one attached hydrogen (secondary N) is 2. The number of unbranched alkanes of at least 4 members (excludes halogenated alkanes) is 3.